The molecule has 0 bridgehead atoms. The van der Waals surface area contributed by atoms with Crippen LogP contribution in [-0.2, 0) is 17.6 Å². The summed E-state index contributed by atoms with van der Waals surface area (Å²) in [5, 5.41) is 8.97. The third kappa shape index (κ3) is 8.92. The van der Waals surface area contributed by atoms with Crippen LogP contribution in [0.1, 0.15) is 75.1 Å². The van der Waals surface area contributed by atoms with Crippen LogP contribution >= 0.6 is 0 Å². The first-order valence-electron chi connectivity index (χ1n) is 13.3. The van der Waals surface area contributed by atoms with E-state index in [1.54, 1.807) is 13.0 Å². The van der Waals surface area contributed by atoms with Crippen LogP contribution in [-0.4, -0.2) is 53.6 Å². The Balaban J connectivity index is 0.000000241. The maximum atomic E-state index is 14.3. The average Bonchev–Trinajstić information content (AvgIpc) is 3.02. The van der Waals surface area contributed by atoms with E-state index >= 15 is 0 Å². The number of carboxylic acids is 1. The molecule has 0 aliphatic rings. The van der Waals surface area contributed by atoms with E-state index in [4.69, 9.17) is 21.3 Å². The van der Waals surface area contributed by atoms with Gasteiger partial charge in [-0.15, -0.1) is 0 Å². The van der Waals surface area contributed by atoms with Gasteiger partial charge in [0.25, 0.3) is 0 Å². The number of aromatic carboxylic acids is 1. The van der Waals surface area contributed by atoms with E-state index in [0.29, 0.717) is 35.4 Å². The molecule has 0 atom stereocenters. The number of nitrogens with two attached hydrogens (primary N) is 2. The number of anilines is 2. The van der Waals surface area contributed by atoms with E-state index in [9.17, 15) is 18.4 Å². The molecule has 0 fully saturated rings. The van der Waals surface area contributed by atoms with E-state index in [1.165, 1.54) is 55.4 Å². The van der Waals surface area contributed by atoms with E-state index in [0.717, 1.165) is 0 Å². The molecule has 0 saturated heterocycles. The summed E-state index contributed by atoms with van der Waals surface area (Å²) in [6.45, 7) is 5.72. The van der Waals surface area contributed by atoms with Crippen LogP contribution in [0.15, 0.2) is 49.3 Å². The lowest BCUT2D eigenvalue weighted by atomic mass is 10.1. The molecule has 4 aromatic heterocycles. The number of halogens is 2. The minimum absolute atomic E-state index is 0.000180. The molecule has 0 radical (unpaired) electrons. The van der Waals surface area contributed by atoms with Crippen molar-refractivity contribution in [2.45, 2.75) is 33.6 Å². The van der Waals surface area contributed by atoms with Gasteiger partial charge in [-0.2, -0.15) is 0 Å². The fourth-order valence-corrected chi connectivity index (χ4v) is 3.67. The predicted molar refractivity (Wildman–Crippen MR) is 161 cm³/mol. The fourth-order valence-electron chi connectivity index (χ4n) is 3.67. The first-order valence-corrected chi connectivity index (χ1v) is 13.3. The van der Waals surface area contributed by atoms with Crippen molar-refractivity contribution >= 4 is 47.6 Å². The molecule has 4 rings (SSSR count). The van der Waals surface area contributed by atoms with Crippen LogP contribution < -0.4 is 11.5 Å². The summed E-state index contributed by atoms with van der Waals surface area (Å²) in [4.78, 5) is 45.9. The van der Waals surface area contributed by atoms with Crippen LogP contribution in [0.3, 0.4) is 0 Å². The Hall–Kier alpha value is -5.66. The minimum Gasteiger partial charge on any atom is -0.478 e. The molecule has 4 heterocycles. The van der Waals surface area contributed by atoms with E-state index in [-0.39, 0.29) is 40.8 Å². The van der Waals surface area contributed by atoms with Crippen molar-refractivity contribution in [3.63, 3.8) is 0 Å². The summed E-state index contributed by atoms with van der Waals surface area (Å²) >= 11 is 0. The summed E-state index contributed by atoms with van der Waals surface area (Å²) in [6.07, 6.45) is 11.4. The molecule has 0 saturated carbocycles. The van der Waals surface area contributed by atoms with Gasteiger partial charge in [-0.1, -0.05) is 13.8 Å². The molecule has 0 aliphatic carbocycles. The highest BCUT2D eigenvalue weighted by Crippen LogP contribution is 2.23. The third-order valence-electron chi connectivity index (χ3n) is 5.89. The summed E-state index contributed by atoms with van der Waals surface area (Å²) < 4.78 is 33.4. The number of esters is 1. The summed E-state index contributed by atoms with van der Waals surface area (Å²) in [5.41, 5.74) is 13.5. The minimum atomic E-state index is -1.11. The van der Waals surface area contributed by atoms with Gasteiger partial charge in [-0.25, -0.2) is 38.3 Å². The Morgan fingerprint density at radius 1 is 0.705 bits per heavy atom. The summed E-state index contributed by atoms with van der Waals surface area (Å²) in [5.74, 6) is -2.61. The van der Waals surface area contributed by atoms with E-state index in [2.05, 4.69) is 29.9 Å². The number of hydrogen-bond acceptors (Lipinski definition) is 11. The Bertz CT molecular complexity index is 1680. The summed E-state index contributed by atoms with van der Waals surface area (Å²) in [7, 11) is 0. The van der Waals surface area contributed by atoms with E-state index < -0.39 is 23.6 Å². The number of carbonyl (C=O) groups excluding carboxylic acids is 1. The number of nitrogen functional groups attached to an aromatic ring is 2. The number of pyridine rings is 2. The monoisotopic (exact) mass is 604 g/mol. The molecule has 0 aromatic carbocycles. The van der Waals surface area contributed by atoms with Gasteiger partial charge in [0.1, 0.15) is 11.7 Å². The number of carboxylic acid groups (broad SMARTS) is 1. The topological polar surface area (TPSA) is 193 Å². The van der Waals surface area contributed by atoms with Crippen molar-refractivity contribution in [2.24, 2.45) is 0 Å². The van der Waals surface area contributed by atoms with Crippen LogP contribution in [0.25, 0.3) is 23.8 Å². The first kappa shape index (κ1) is 32.8. The van der Waals surface area contributed by atoms with Crippen molar-refractivity contribution in [1.82, 2.24) is 29.9 Å². The maximum absolute atomic E-state index is 14.3. The average molecular weight is 605 g/mol. The Kier molecular flexibility index (Phi) is 11.6. The fraction of sp³-hybridized carbons (Fsp3) is 0.200. The third-order valence-corrected chi connectivity index (χ3v) is 5.89. The van der Waals surface area contributed by atoms with Gasteiger partial charge in [-0.3, -0.25) is 9.97 Å². The van der Waals surface area contributed by atoms with Gasteiger partial charge in [0.05, 0.1) is 17.7 Å². The second-order valence-corrected chi connectivity index (χ2v) is 8.90. The molecule has 0 unspecified atom stereocenters. The molecular formula is C30H30F2N8O4. The number of aromatic nitrogens is 6. The maximum Gasteiger partial charge on any atom is 0.339 e. The molecule has 44 heavy (non-hydrogen) atoms. The smallest absolute Gasteiger partial charge is 0.339 e. The molecule has 14 heteroatoms. The first-order chi connectivity index (χ1) is 21.1. The second kappa shape index (κ2) is 15.5. The number of nitrogens with zero attached hydrogens (tertiary/aromatic N) is 6. The lowest BCUT2D eigenvalue weighted by molar-refractivity contribution is 0.0525. The number of carbonyl (C=O) groups is 2. The summed E-state index contributed by atoms with van der Waals surface area (Å²) in [6, 6.07) is 2.94. The molecule has 0 aliphatic heterocycles. The van der Waals surface area contributed by atoms with Crippen molar-refractivity contribution < 1.29 is 28.2 Å². The van der Waals surface area contributed by atoms with Crippen molar-refractivity contribution in [3.8, 4) is 0 Å². The molecule has 4 aromatic rings. The molecule has 12 nitrogen and oxygen atoms in total. The molecule has 228 valence electrons. The SMILES string of the molecule is CCOC(=O)c1cnc(CC)c(/C=C(\F)c2cnc(N)nc2)c1.CCc1ncc(C(=O)O)cc1/C=C(\F)c1cnc(N)nc1. The molecule has 5 N–H and O–H groups in total. The molecular weight excluding hydrogens is 574 g/mol. The normalized spacial score (nSPS) is 11.4. The highest BCUT2D eigenvalue weighted by molar-refractivity contribution is 5.91. The Morgan fingerprint density at radius 2 is 1.09 bits per heavy atom. The highest BCUT2D eigenvalue weighted by atomic mass is 19.1. The zero-order valence-electron chi connectivity index (χ0n) is 24.2. The number of rotatable bonds is 9. The van der Waals surface area contributed by atoms with Crippen LogP contribution in [0.5, 0.6) is 0 Å². The van der Waals surface area contributed by atoms with Crippen LogP contribution in [0.4, 0.5) is 20.7 Å². The zero-order valence-corrected chi connectivity index (χ0v) is 24.2. The number of hydrogen-bond donors (Lipinski definition) is 3. The predicted octanol–water partition coefficient (Wildman–Crippen LogP) is 4.84. The lowest BCUT2D eigenvalue weighted by Crippen LogP contribution is -2.06. The molecule has 0 spiro atoms. The van der Waals surface area contributed by atoms with Gasteiger partial charge >= 0.3 is 11.9 Å². The van der Waals surface area contributed by atoms with Gasteiger partial charge in [0.15, 0.2) is 0 Å². The van der Waals surface area contributed by atoms with Crippen molar-refractivity contribution in [2.75, 3.05) is 18.1 Å². The van der Waals surface area contributed by atoms with Crippen LogP contribution in [0, 0.1) is 0 Å². The van der Waals surface area contributed by atoms with E-state index in [1.807, 2.05) is 13.8 Å². The Labute approximate surface area is 251 Å². The van der Waals surface area contributed by atoms with Crippen LogP contribution in [0.2, 0.25) is 0 Å². The van der Waals surface area contributed by atoms with Crippen molar-refractivity contribution in [1.29, 1.82) is 0 Å². The number of ether oxygens (including phenoxy) is 1. The van der Waals surface area contributed by atoms with Crippen molar-refractivity contribution in [3.05, 3.63) is 94.1 Å². The quantitative estimate of drug-likeness (QED) is 0.220. The van der Waals surface area contributed by atoms with Gasteiger partial charge in [0, 0.05) is 59.7 Å². The Morgan fingerprint density at radius 3 is 1.48 bits per heavy atom. The van der Waals surface area contributed by atoms with Gasteiger partial charge < -0.3 is 21.3 Å². The highest BCUT2D eigenvalue weighted by Gasteiger charge is 2.12. The second-order valence-electron chi connectivity index (χ2n) is 8.90. The lowest BCUT2D eigenvalue weighted by Gasteiger charge is -2.07. The van der Waals surface area contributed by atoms with Gasteiger partial charge in [0.2, 0.25) is 11.9 Å². The van der Waals surface area contributed by atoms with Gasteiger partial charge in [-0.05, 0) is 55.2 Å². The standard InChI is InChI=1S/C16H17FN4O2.C14H13FN4O2/c1-3-14-10(5-11(7-19-14)15(22)23-4-2)6-13(17)12-8-20-16(18)21-9-12;1-2-12-8(3-9(5-17-12)13(20)21)4-11(15)10-6-18-14(16)19-7-10/h5-9H,3-4H2,1-2H3,(H2,18,20,21);3-7H,2H2,1H3,(H,20,21)(H2,16,18,19)/b13-6-;11-4-. The number of aryl methyl sites for hydroxylation is 2. The molecule has 0 amide bonds. The zero-order chi connectivity index (χ0) is 32.2. The largest absolute Gasteiger partial charge is 0.478 e.